The number of benzene rings is 1. The third-order valence-electron chi connectivity index (χ3n) is 2.28. The SMILES string of the molecule is O=C(O)Cc1cn(Cc2cccc(F)c2Cl)nn1. The van der Waals surface area contributed by atoms with Gasteiger partial charge in [-0.3, -0.25) is 4.79 Å². The van der Waals surface area contributed by atoms with E-state index in [2.05, 4.69) is 10.3 Å². The number of hydrogen-bond acceptors (Lipinski definition) is 3. The van der Waals surface area contributed by atoms with Gasteiger partial charge in [-0.15, -0.1) is 5.10 Å². The molecule has 1 aromatic heterocycles. The zero-order valence-electron chi connectivity index (χ0n) is 9.18. The molecule has 0 atom stereocenters. The number of carbonyl (C=O) groups is 1. The molecule has 0 aliphatic heterocycles. The van der Waals surface area contributed by atoms with Crippen molar-refractivity contribution in [3.05, 3.63) is 46.5 Å². The molecule has 7 heteroatoms. The molecule has 0 aliphatic rings. The molecule has 1 aromatic carbocycles. The number of nitrogens with zero attached hydrogens (tertiary/aromatic N) is 3. The van der Waals surface area contributed by atoms with Gasteiger partial charge in [0.1, 0.15) is 5.82 Å². The molecule has 0 unspecified atom stereocenters. The Hall–Kier alpha value is -1.95. The molecule has 0 saturated heterocycles. The molecule has 0 aliphatic carbocycles. The van der Waals surface area contributed by atoms with Crippen LogP contribution in [0.15, 0.2) is 24.4 Å². The van der Waals surface area contributed by atoms with Crippen molar-refractivity contribution in [3.63, 3.8) is 0 Å². The van der Waals surface area contributed by atoms with Gasteiger partial charge in [0.2, 0.25) is 0 Å². The van der Waals surface area contributed by atoms with Gasteiger partial charge in [0, 0.05) is 6.20 Å². The maximum absolute atomic E-state index is 13.2. The Morgan fingerprint density at radius 1 is 1.50 bits per heavy atom. The van der Waals surface area contributed by atoms with E-state index in [4.69, 9.17) is 16.7 Å². The molecule has 0 fully saturated rings. The zero-order chi connectivity index (χ0) is 13.1. The molecular formula is C11H9ClFN3O2. The van der Waals surface area contributed by atoms with Crippen molar-refractivity contribution in [2.45, 2.75) is 13.0 Å². The smallest absolute Gasteiger partial charge is 0.309 e. The summed E-state index contributed by atoms with van der Waals surface area (Å²) in [5.41, 5.74) is 0.901. The van der Waals surface area contributed by atoms with Gasteiger partial charge in [0.15, 0.2) is 0 Å². The number of carboxylic acids is 1. The average molecular weight is 270 g/mol. The second kappa shape index (κ2) is 5.14. The van der Waals surface area contributed by atoms with Gasteiger partial charge in [-0.25, -0.2) is 9.07 Å². The summed E-state index contributed by atoms with van der Waals surface area (Å²) in [6.45, 7) is 0.239. The van der Waals surface area contributed by atoms with Crippen LogP contribution in [0.5, 0.6) is 0 Å². The third kappa shape index (κ3) is 2.84. The van der Waals surface area contributed by atoms with E-state index in [9.17, 15) is 9.18 Å². The zero-order valence-corrected chi connectivity index (χ0v) is 9.93. The fraction of sp³-hybridized carbons (Fsp3) is 0.182. The number of hydrogen-bond donors (Lipinski definition) is 1. The normalized spacial score (nSPS) is 10.6. The summed E-state index contributed by atoms with van der Waals surface area (Å²) in [5.74, 6) is -1.48. The van der Waals surface area contributed by atoms with Gasteiger partial charge in [0.05, 0.1) is 23.7 Å². The Morgan fingerprint density at radius 2 is 2.28 bits per heavy atom. The molecule has 2 rings (SSSR count). The van der Waals surface area contributed by atoms with Crippen LogP contribution < -0.4 is 0 Å². The van der Waals surface area contributed by atoms with Gasteiger partial charge in [-0.05, 0) is 11.6 Å². The highest BCUT2D eigenvalue weighted by atomic mass is 35.5. The van der Waals surface area contributed by atoms with E-state index in [0.717, 1.165) is 0 Å². The van der Waals surface area contributed by atoms with Gasteiger partial charge < -0.3 is 5.11 Å². The number of carboxylic acid groups (broad SMARTS) is 1. The molecule has 0 amide bonds. The van der Waals surface area contributed by atoms with Crippen molar-refractivity contribution in [1.82, 2.24) is 15.0 Å². The van der Waals surface area contributed by atoms with Gasteiger partial charge in [-0.1, -0.05) is 28.9 Å². The van der Waals surface area contributed by atoms with Crippen LogP contribution in [-0.2, 0) is 17.8 Å². The molecule has 0 saturated carbocycles. The van der Waals surface area contributed by atoms with Crippen LogP contribution in [-0.4, -0.2) is 26.1 Å². The minimum absolute atomic E-state index is 0.0350. The Labute approximate surface area is 107 Å². The summed E-state index contributed by atoms with van der Waals surface area (Å²) in [5, 5.41) is 16.1. The lowest BCUT2D eigenvalue weighted by Gasteiger charge is -2.04. The maximum Gasteiger partial charge on any atom is 0.309 e. The fourth-order valence-electron chi connectivity index (χ4n) is 1.50. The van der Waals surface area contributed by atoms with Crippen LogP contribution in [0.4, 0.5) is 4.39 Å². The summed E-state index contributed by atoms with van der Waals surface area (Å²) in [6.07, 6.45) is 1.30. The Morgan fingerprint density at radius 3 is 3.00 bits per heavy atom. The highest BCUT2D eigenvalue weighted by Crippen LogP contribution is 2.20. The minimum atomic E-state index is -0.981. The van der Waals surface area contributed by atoms with Crippen molar-refractivity contribution in [1.29, 1.82) is 0 Å². The predicted octanol–water partition coefficient (Wildman–Crippen LogP) is 1.75. The number of rotatable bonds is 4. The number of aliphatic carboxylic acids is 1. The van der Waals surface area contributed by atoms with Crippen LogP contribution in [0.1, 0.15) is 11.3 Å². The maximum atomic E-state index is 13.2. The molecular weight excluding hydrogens is 261 g/mol. The van der Waals surface area contributed by atoms with Gasteiger partial charge in [-0.2, -0.15) is 0 Å². The first-order valence-electron chi connectivity index (χ1n) is 5.10. The second-order valence-electron chi connectivity index (χ2n) is 3.69. The van der Waals surface area contributed by atoms with Crippen molar-refractivity contribution < 1.29 is 14.3 Å². The molecule has 5 nitrogen and oxygen atoms in total. The van der Waals surface area contributed by atoms with Crippen molar-refractivity contribution in [2.75, 3.05) is 0 Å². The summed E-state index contributed by atoms with van der Waals surface area (Å²) >= 11 is 5.80. The second-order valence-corrected chi connectivity index (χ2v) is 4.07. The quantitative estimate of drug-likeness (QED) is 0.918. The molecule has 1 heterocycles. The van der Waals surface area contributed by atoms with Crippen LogP contribution in [0.3, 0.4) is 0 Å². The van der Waals surface area contributed by atoms with Crippen LogP contribution in [0, 0.1) is 5.82 Å². The Kier molecular flexibility index (Phi) is 3.57. The molecule has 0 spiro atoms. The lowest BCUT2D eigenvalue weighted by Crippen LogP contribution is -2.02. The summed E-state index contributed by atoms with van der Waals surface area (Å²) < 4.78 is 14.6. The van der Waals surface area contributed by atoms with E-state index in [-0.39, 0.29) is 18.0 Å². The van der Waals surface area contributed by atoms with Crippen molar-refractivity contribution >= 4 is 17.6 Å². The lowest BCUT2D eigenvalue weighted by atomic mass is 10.2. The number of aromatic nitrogens is 3. The summed E-state index contributed by atoms with van der Waals surface area (Å²) in [4.78, 5) is 10.5. The first-order valence-corrected chi connectivity index (χ1v) is 5.48. The average Bonchev–Trinajstić information content (AvgIpc) is 2.71. The predicted molar refractivity (Wildman–Crippen MR) is 61.9 cm³/mol. The van der Waals surface area contributed by atoms with Gasteiger partial charge in [0.25, 0.3) is 0 Å². The largest absolute Gasteiger partial charge is 0.481 e. The van der Waals surface area contributed by atoms with E-state index < -0.39 is 11.8 Å². The van der Waals surface area contributed by atoms with Crippen LogP contribution in [0.25, 0.3) is 0 Å². The summed E-state index contributed by atoms with van der Waals surface area (Å²) in [6, 6.07) is 4.48. The minimum Gasteiger partial charge on any atom is -0.481 e. The molecule has 2 aromatic rings. The monoisotopic (exact) mass is 269 g/mol. The first kappa shape index (κ1) is 12.5. The topological polar surface area (TPSA) is 68.0 Å². The van der Waals surface area contributed by atoms with Gasteiger partial charge >= 0.3 is 5.97 Å². The molecule has 0 radical (unpaired) electrons. The third-order valence-corrected chi connectivity index (χ3v) is 2.71. The number of halogens is 2. The summed E-state index contributed by atoms with van der Waals surface area (Å²) in [7, 11) is 0. The van der Waals surface area contributed by atoms with E-state index in [0.29, 0.717) is 11.3 Å². The van der Waals surface area contributed by atoms with E-state index in [1.807, 2.05) is 0 Å². The van der Waals surface area contributed by atoms with E-state index in [1.54, 1.807) is 12.1 Å². The van der Waals surface area contributed by atoms with Crippen molar-refractivity contribution in [2.24, 2.45) is 0 Å². The van der Waals surface area contributed by atoms with Crippen LogP contribution >= 0.6 is 11.6 Å². The van der Waals surface area contributed by atoms with E-state index in [1.165, 1.54) is 16.9 Å². The van der Waals surface area contributed by atoms with Crippen molar-refractivity contribution in [3.8, 4) is 0 Å². The lowest BCUT2D eigenvalue weighted by molar-refractivity contribution is -0.136. The first-order chi connectivity index (χ1) is 8.56. The Balaban J connectivity index is 2.16. The highest BCUT2D eigenvalue weighted by Gasteiger charge is 2.09. The molecule has 0 bridgehead atoms. The Bertz CT molecular complexity index is 585. The van der Waals surface area contributed by atoms with Crippen LogP contribution in [0.2, 0.25) is 5.02 Å². The molecule has 1 N–H and O–H groups in total. The fourth-order valence-corrected chi connectivity index (χ4v) is 1.68. The highest BCUT2D eigenvalue weighted by molar-refractivity contribution is 6.31. The standard InChI is InChI=1S/C11H9ClFN3O2/c12-11-7(2-1-3-9(11)13)5-16-6-8(14-15-16)4-10(17)18/h1-3,6H,4-5H2,(H,17,18). The molecule has 94 valence electrons. The molecule has 18 heavy (non-hydrogen) atoms. The van der Waals surface area contributed by atoms with E-state index >= 15 is 0 Å².